The van der Waals surface area contributed by atoms with Crippen LogP contribution in [0.5, 0.6) is 0 Å². The van der Waals surface area contributed by atoms with Crippen molar-refractivity contribution in [3.05, 3.63) is 60.4 Å². The van der Waals surface area contributed by atoms with Gasteiger partial charge >= 0.3 is 0 Å². The van der Waals surface area contributed by atoms with Crippen LogP contribution in [0.25, 0.3) is 0 Å². The van der Waals surface area contributed by atoms with Gasteiger partial charge in [-0.2, -0.15) is 0 Å². The molecule has 18 heavy (non-hydrogen) atoms. The van der Waals surface area contributed by atoms with Crippen molar-refractivity contribution in [3.8, 4) is 0 Å². The molecule has 1 unspecified atom stereocenters. The zero-order valence-electron chi connectivity index (χ0n) is 10.3. The van der Waals surface area contributed by atoms with Gasteiger partial charge in [0.05, 0.1) is 0 Å². The highest BCUT2D eigenvalue weighted by Gasteiger charge is 2.07. The van der Waals surface area contributed by atoms with E-state index >= 15 is 0 Å². The molecule has 2 rings (SSSR count). The van der Waals surface area contributed by atoms with Crippen molar-refractivity contribution in [1.29, 1.82) is 0 Å². The number of rotatable bonds is 5. The first kappa shape index (κ1) is 13.0. The number of hydrogen-bond acceptors (Lipinski definition) is 2. The molecule has 0 spiro atoms. The first-order valence-corrected chi connectivity index (χ1v) is 6.84. The van der Waals surface area contributed by atoms with Crippen LogP contribution in [0.1, 0.15) is 6.92 Å². The van der Waals surface area contributed by atoms with Crippen LogP contribution in [-0.2, 0) is 0 Å². The molecular weight excluding hydrogens is 245 g/mol. The van der Waals surface area contributed by atoms with E-state index < -0.39 is 0 Å². The Balaban J connectivity index is 1.86. The molecular formula is C15H16FNS. The number of thioether (sulfide) groups is 1. The molecule has 94 valence electrons. The lowest BCUT2D eigenvalue weighted by Crippen LogP contribution is -2.13. The topological polar surface area (TPSA) is 12.0 Å². The van der Waals surface area contributed by atoms with Crippen LogP contribution in [0.2, 0.25) is 0 Å². The predicted octanol–water partition coefficient (Wildman–Crippen LogP) is 4.42. The van der Waals surface area contributed by atoms with Gasteiger partial charge in [-0.25, -0.2) is 4.39 Å². The van der Waals surface area contributed by atoms with Crippen LogP contribution in [0.3, 0.4) is 0 Å². The van der Waals surface area contributed by atoms with E-state index in [4.69, 9.17) is 0 Å². The van der Waals surface area contributed by atoms with Gasteiger partial charge in [0.25, 0.3) is 0 Å². The van der Waals surface area contributed by atoms with Crippen LogP contribution < -0.4 is 5.32 Å². The van der Waals surface area contributed by atoms with Crippen molar-refractivity contribution in [2.75, 3.05) is 11.9 Å². The Labute approximate surface area is 111 Å². The van der Waals surface area contributed by atoms with Gasteiger partial charge in [0.2, 0.25) is 0 Å². The second kappa shape index (κ2) is 6.45. The lowest BCUT2D eigenvalue weighted by molar-refractivity contribution is 0.601. The molecule has 2 aromatic carbocycles. The molecule has 0 heterocycles. The van der Waals surface area contributed by atoms with Gasteiger partial charge < -0.3 is 5.32 Å². The third-order valence-corrected chi connectivity index (χ3v) is 3.69. The van der Waals surface area contributed by atoms with Crippen LogP contribution in [-0.4, -0.2) is 11.8 Å². The lowest BCUT2D eigenvalue weighted by Gasteiger charge is -2.13. The van der Waals surface area contributed by atoms with Crippen LogP contribution in [0, 0.1) is 5.82 Å². The molecule has 0 saturated carbocycles. The summed E-state index contributed by atoms with van der Waals surface area (Å²) in [6, 6.07) is 16.9. The Bertz CT molecular complexity index is 487. The third-order valence-electron chi connectivity index (χ3n) is 2.53. The number of nitrogens with one attached hydrogen (secondary N) is 1. The Morgan fingerprint density at radius 1 is 1.06 bits per heavy atom. The number of anilines is 1. The van der Waals surface area contributed by atoms with E-state index in [-0.39, 0.29) is 5.82 Å². The summed E-state index contributed by atoms with van der Waals surface area (Å²) in [5, 5.41) is 3.65. The molecule has 1 atom stereocenters. The van der Waals surface area contributed by atoms with Gasteiger partial charge in [-0.3, -0.25) is 0 Å². The van der Waals surface area contributed by atoms with Crippen molar-refractivity contribution in [3.63, 3.8) is 0 Å². The summed E-state index contributed by atoms with van der Waals surface area (Å²) in [4.78, 5) is 0.708. The largest absolute Gasteiger partial charge is 0.384 e. The zero-order valence-corrected chi connectivity index (χ0v) is 11.1. The van der Waals surface area contributed by atoms with Gasteiger partial charge in [-0.05, 0) is 24.3 Å². The van der Waals surface area contributed by atoms with Gasteiger partial charge in [0.15, 0.2) is 0 Å². The van der Waals surface area contributed by atoms with E-state index in [2.05, 4.69) is 12.2 Å². The Morgan fingerprint density at radius 2 is 1.72 bits per heavy atom. The average molecular weight is 261 g/mol. The standard InChI is InChI=1S/C15H16FNS/c1-12(11-17-13-7-3-2-4-8-13)18-15-10-6-5-9-14(15)16/h2-10,12,17H,11H2,1H3. The highest BCUT2D eigenvalue weighted by Crippen LogP contribution is 2.25. The monoisotopic (exact) mass is 261 g/mol. The van der Waals surface area contributed by atoms with Crippen LogP contribution >= 0.6 is 11.8 Å². The second-order valence-corrected chi connectivity index (χ2v) is 5.59. The molecule has 1 nitrogen and oxygen atoms in total. The predicted molar refractivity (Wildman–Crippen MR) is 76.7 cm³/mol. The Kier molecular flexibility index (Phi) is 4.65. The molecule has 3 heteroatoms. The molecule has 0 saturated heterocycles. The smallest absolute Gasteiger partial charge is 0.136 e. The minimum atomic E-state index is -0.144. The maximum Gasteiger partial charge on any atom is 0.136 e. The molecule has 0 aliphatic heterocycles. The minimum absolute atomic E-state index is 0.144. The summed E-state index contributed by atoms with van der Waals surface area (Å²) in [6.07, 6.45) is 0. The maximum atomic E-state index is 13.5. The fraction of sp³-hybridized carbons (Fsp3) is 0.200. The fourth-order valence-corrected chi connectivity index (χ4v) is 2.55. The van der Waals surface area contributed by atoms with Crippen LogP contribution in [0.15, 0.2) is 59.5 Å². The molecule has 0 bridgehead atoms. The number of para-hydroxylation sites is 1. The number of benzene rings is 2. The van der Waals surface area contributed by atoms with E-state index in [0.29, 0.717) is 10.1 Å². The number of hydrogen-bond donors (Lipinski definition) is 1. The summed E-state index contributed by atoms with van der Waals surface area (Å²) in [5.74, 6) is -0.144. The fourth-order valence-electron chi connectivity index (χ4n) is 1.62. The molecule has 0 fully saturated rings. The second-order valence-electron chi connectivity index (χ2n) is 4.11. The Hall–Kier alpha value is -1.48. The lowest BCUT2D eigenvalue weighted by atomic mass is 10.3. The highest BCUT2D eigenvalue weighted by atomic mass is 32.2. The molecule has 2 aromatic rings. The van der Waals surface area contributed by atoms with E-state index in [0.717, 1.165) is 12.2 Å². The van der Waals surface area contributed by atoms with Gasteiger partial charge in [-0.1, -0.05) is 37.3 Å². The first-order chi connectivity index (χ1) is 8.75. The van der Waals surface area contributed by atoms with Crippen molar-refractivity contribution >= 4 is 17.4 Å². The summed E-state index contributed by atoms with van der Waals surface area (Å²) >= 11 is 1.55. The third kappa shape index (κ3) is 3.77. The van der Waals surface area contributed by atoms with Gasteiger partial charge in [0, 0.05) is 22.4 Å². The SMILES string of the molecule is CC(CNc1ccccc1)Sc1ccccc1F. The average Bonchev–Trinajstić information content (AvgIpc) is 2.40. The summed E-state index contributed by atoms with van der Waals surface area (Å²) in [6.45, 7) is 2.90. The summed E-state index contributed by atoms with van der Waals surface area (Å²) in [5.41, 5.74) is 1.10. The van der Waals surface area contributed by atoms with Crippen molar-refractivity contribution in [1.82, 2.24) is 0 Å². The molecule has 0 aliphatic rings. The van der Waals surface area contributed by atoms with Gasteiger partial charge in [-0.15, -0.1) is 11.8 Å². The zero-order chi connectivity index (χ0) is 12.8. The molecule has 0 amide bonds. The molecule has 0 aromatic heterocycles. The van der Waals surface area contributed by atoms with E-state index in [9.17, 15) is 4.39 Å². The maximum absolute atomic E-state index is 13.5. The normalized spacial score (nSPS) is 12.1. The highest BCUT2D eigenvalue weighted by molar-refractivity contribution is 8.00. The van der Waals surface area contributed by atoms with E-state index in [1.807, 2.05) is 42.5 Å². The van der Waals surface area contributed by atoms with Crippen molar-refractivity contribution in [2.24, 2.45) is 0 Å². The Morgan fingerprint density at radius 3 is 2.44 bits per heavy atom. The summed E-state index contributed by atoms with van der Waals surface area (Å²) < 4.78 is 13.5. The van der Waals surface area contributed by atoms with Crippen molar-refractivity contribution in [2.45, 2.75) is 17.1 Å². The van der Waals surface area contributed by atoms with E-state index in [1.165, 1.54) is 6.07 Å². The molecule has 0 aliphatic carbocycles. The van der Waals surface area contributed by atoms with Crippen LogP contribution in [0.4, 0.5) is 10.1 Å². The molecule has 1 N–H and O–H groups in total. The molecule has 0 radical (unpaired) electrons. The first-order valence-electron chi connectivity index (χ1n) is 5.96. The summed E-state index contributed by atoms with van der Waals surface area (Å²) in [7, 11) is 0. The quantitative estimate of drug-likeness (QED) is 0.800. The van der Waals surface area contributed by atoms with Crippen molar-refractivity contribution < 1.29 is 4.39 Å². The minimum Gasteiger partial charge on any atom is -0.384 e. The van der Waals surface area contributed by atoms with E-state index in [1.54, 1.807) is 17.8 Å². The number of halogens is 1. The van der Waals surface area contributed by atoms with Gasteiger partial charge in [0.1, 0.15) is 5.82 Å².